The van der Waals surface area contributed by atoms with Crippen LogP contribution in [0, 0.1) is 11.8 Å². The standard InChI is InChI=1S/C20H38O2/c1-19(2,17-11-7-5-8-12-17)21-15-16-22-20(3,4)18-13-9-6-10-14-18/h17-18H,5-16H2,1-4H3. The summed E-state index contributed by atoms with van der Waals surface area (Å²) in [6.07, 6.45) is 13.7. The summed E-state index contributed by atoms with van der Waals surface area (Å²) in [4.78, 5) is 0. The molecule has 2 aliphatic carbocycles. The van der Waals surface area contributed by atoms with Gasteiger partial charge in [0, 0.05) is 0 Å². The zero-order valence-electron chi connectivity index (χ0n) is 15.5. The summed E-state index contributed by atoms with van der Waals surface area (Å²) in [5.41, 5.74) is 0.0253. The van der Waals surface area contributed by atoms with Gasteiger partial charge in [0.25, 0.3) is 0 Å². The van der Waals surface area contributed by atoms with Gasteiger partial charge in [0.15, 0.2) is 0 Å². The molecular weight excluding hydrogens is 272 g/mol. The summed E-state index contributed by atoms with van der Waals surface area (Å²) in [6.45, 7) is 10.6. The molecule has 0 atom stereocenters. The smallest absolute Gasteiger partial charge is 0.0708 e. The topological polar surface area (TPSA) is 18.5 Å². The lowest BCUT2D eigenvalue weighted by atomic mass is 9.78. The minimum absolute atomic E-state index is 0.0127. The predicted octanol–water partition coefficient (Wildman–Crippen LogP) is 5.74. The Morgan fingerprint density at radius 1 is 0.591 bits per heavy atom. The highest BCUT2D eigenvalue weighted by atomic mass is 16.5. The third-order valence-electron chi connectivity index (χ3n) is 6.21. The zero-order valence-corrected chi connectivity index (χ0v) is 15.5. The molecule has 0 amide bonds. The Labute approximate surface area is 138 Å². The van der Waals surface area contributed by atoms with Crippen molar-refractivity contribution in [1.29, 1.82) is 0 Å². The molecule has 0 saturated heterocycles. The van der Waals surface area contributed by atoms with Gasteiger partial charge in [0.05, 0.1) is 24.4 Å². The molecule has 0 aliphatic heterocycles. The monoisotopic (exact) mass is 310 g/mol. The van der Waals surface area contributed by atoms with E-state index in [9.17, 15) is 0 Å². The van der Waals surface area contributed by atoms with Gasteiger partial charge in [-0.1, -0.05) is 38.5 Å². The van der Waals surface area contributed by atoms with Crippen LogP contribution in [0.5, 0.6) is 0 Å². The molecule has 0 unspecified atom stereocenters. The highest BCUT2D eigenvalue weighted by molar-refractivity contribution is 4.83. The SMILES string of the molecule is CC(C)(OCCOC(C)(C)C1CCCCC1)C1CCCCC1. The van der Waals surface area contributed by atoms with Gasteiger partial charge in [-0.15, -0.1) is 0 Å². The van der Waals surface area contributed by atoms with Crippen LogP contribution in [0.15, 0.2) is 0 Å². The summed E-state index contributed by atoms with van der Waals surface area (Å²) < 4.78 is 12.5. The van der Waals surface area contributed by atoms with E-state index >= 15 is 0 Å². The molecule has 2 aliphatic rings. The van der Waals surface area contributed by atoms with Crippen LogP contribution in [0.4, 0.5) is 0 Å². The van der Waals surface area contributed by atoms with E-state index in [0.717, 1.165) is 25.0 Å². The summed E-state index contributed by atoms with van der Waals surface area (Å²) in [7, 11) is 0. The van der Waals surface area contributed by atoms with E-state index in [4.69, 9.17) is 9.47 Å². The van der Waals surface area contributed by atoms with Gasteiger partial charge in [-0.3, -0.25) is 0 Å². The van der Waals surface area contributed by atoms with Gasteiger partial charge in [0.2, 0.25) is 0 Å². The second-order valence-corrected chi connectivity index (χ2v) is 8.57. The molecule has 0 N–H and O–H groups in total. The van der Waals surface area contributed by atoms with Crippen molar-refractivity contribution in [3.63, 3.8) is 0 Å². The number of rotatable bonds is 7. The first-order chi connectivity index (χ1) is 10.4. The van der Waals surface area contributed by atoms with Crippen LogP contribution in [-0.4, -0.2) is 24.4 Å². The molecule has 0 bridgehead atoms. The van der Waals surface area contributed by atoms with Crippen molar-refractivity contribution in [2.75, 3.05) is 13.2 Å². The molecule has 0 heterocycles. The van der Waals surface area contributed by atoms with Gasteiger partial charge < -0.3 is 9.47 Å². The van der Waals surface area contributed by atoms with Gasteiger partial charge >= 0.3 is 0 Å². The highest BCUT2D eigenvalue weighted by Gasteiger charge is 2.33. The number of ether oxygens (including phenoxy) is 2. The highest BCUT2D eigenvalue weighted by Crippen LogP contribution is 2.36. The van der Waals surface area contributed by atoms with Crippen molar-refractivity contribution in [2.24, 2.45) is 11.8 Å². The lowest BCUT2D eigenvalue weighted by Gasteiger charge is -2.39. The van der Waals surface area contributed by atoms with Crippen LogP contribution in [0.25, 0.3) is 0 Å². The minimum atomic E-state index is 0.0127. The van der Waals surface area contributed by atoms with E-state index in [-0.39, 0.29) is 11.2 Å². The Hall–Kier alpha value is -0.0800. The van der Waals surface area contributed by atoms with Crippen LogP contribution in [-0.2, 0) is 9.47 Å². The van der Waals surface area contributed by atoms with E-state index in [2.05, 4.69) is 27.7 Å². The molecule has 2 heteroatoms. The van der Waals surface area contributed by atoms with Crippen molar-refractivity contribution in [2.45, 2.75) is 103 Å². The summed E-state index contributed by atoms with van der Waals surface area (Å²) in [6, 6.07) is 0. The first-order valence-electron chi connectivity index (χ1n) is 9.70. The second kappa shape index (κ2) is 8.15. The van der Waals surface area contributed by atoms with Crippen LogP contribution < -0.4 is 0 Å². The number of hydrogen-bond donors (Lipinski definition) is 0. The maximum Gasteiger partial charge on any atom is 0.0708 e. The molecule has 0 aromatic rings. The summed E-state index contributed by atoms with van der Waals surface area (Å²) in [5, 5.41) is 0. The average Bonchev–Trinajstić information content (AvgIpc) is 2.53. The molecule has 22 heavy (non-hydrogen) atoms. The fraction of sp³-hybridized carbons (Fsp3) is 1.00. The van der Waals surface area contributed by atoms with Gasteiger partial charge in [0.1, 0.15) is 0 Å². The molecule has 2 fully saturated rings. The fourth-order valence-electron chi connectivity index (χ4n) is 4.44. The Morgan fingerprint density at radius 2 is 0.909 bits per heavy atom. The third-order valence-corrected chi connectivity index (χ3v) is 6.21. The van der Waals surface area contributed by atoms with Crippen molar-refractivity contribution in [3.05, 3.63) is 0 Å². The van der Waals surface area contributed by atoms with Crippen molar-refractivity contribution >= 4 is 0 Å². The first-order valence-corrected chi connectivity index (χ1v) is 9.70. The van der Waals surface area contributed by atoms with Crippen LogP contribution in [0.2, 0.25) is 0 Å². The van der Waals surface area contributed by atoms with Crippen molar-refractivity contribution in [3.8, 4) is 0 Å². The van der Waals surface area contributed by atoms with Crippen molar-refractivity contribution in [1.82, 2.24) is 0 Å². The maximum absolute atomic E-state index is 6.23. The molecule has 0 spiro atoms. The minimum Gasteiger partial charge on any atom is -0.373 e. The molecule has 0 radical (unpaired) electrons. The van der Waals surface area contributed by atoms with Crippen LogP contribution in [0.3, 0.4) is 0 Å². The van der Waals surface area contributed by atoms with Crippen LogP contribution >= 0.6 is 0 Å². The molecule has 2 rings (SSSR count). The molecule has 0 aromatic heterocycles. The normalized spacial score (nSPS) is 22.9. The first kappa shape index (κ1) is 18.3. The van der Waals surface area contributed by atoms with Gasteiger partial charge in [-0.25, -0.2) is 0 Å². The molecule has 2 saturated carbocycles. The van der Waals surface area contributed by atoms with Gasteiger partial charge in [-0.2, -0.15) is 0 Å². The largest absolute Gasteiger partial charge is 0.373 e. The average molecular weight is 311 g/mol. The quantitative estimate of drug-likeness (QED) is 0.558. The van der Waals surface area contributed by atoms with Crippen molar-refractivity contribution < 1.29 is 9.47 Å². The maximum atomic E-state index is 6.23. The molecule has 130 valence electrons. The molecular formula is C20H38O2. The predicted molar refractivity (Wildman–Crippen MR) is 93.2 cm³/mol. The van der Waals surface area contributed by atoms with E-state index in [1.807, 2.05) is 0 Å². The lowest BCUT2D eigenvalue weighted by molar-refractivity contribution is -0.125. The molecule has 0 aromatic carbocycles. The summed E-state index contributed by atoms with van der Waals surface area (Å²) in [5.74, 6) is 1.46. The Bertz CT molecular complexity index is 278. The zero-order chi connectivity index (χ0) is 16.1. The second-order valence-electron chi connectivity index (χ2n) is 8.57. The summed E-state index contributed by atoms with van der Waals surface area (Å²) >= 11 is 0. The number of hydrogen-bond acceptors (Lipinski definition) is 2. The van der Waals surface area contributed by atoms with E-state index in [1.54, 1.807) is 0 Å². The Morgan fingerprint density at radius 3 is 1.23 bits per heavy atom. The Balaban J connectivity index is 1.68. The van der Waals surface area contributed by atoms with Crippen LogP contribution in [0.1, 0.15) is 91.9 Å². The van der Waals surface area contributed by atoms with E-state index < -0.39 is 0 Å². The van der Waals surface area contributed by atoms with E-state index in [1.165, 1.54) is 64.2 Å². The fourth-order valence-corrected chi connectivity index (χ4v) is 4.44. The third kappa shape index (κ3) is 5.23. The lowest BCUT2D eigenvalue weighted by Crippen LogP contribution is -2.39. The Kier molecular flexibility index (Phi) is 6.76. The molecule has 2 nitrogen and oxygen atoms in total. The van der Waals surface area contributed by atoms with E-state index in [0.29, 0.717) is 0 Å². The van der Waals surface area contributed by atoms with Gasteiger partial charge in [-0.05, 0) is 65.2 Å².